The van der Waals surface area contributed by atoms with Crippen LogP contribution >= 0.6 is 0 Å². The second-order valence-corrected chi connectivity index (χ2v) is 9.33. The van der Waals surface area contributed by atoms with Gasteiger partial charge in [0, 0.05) is 44.1 Å². The van der Waals surface area contributed by atoms with Crippen LogP contribution in [0.1, 0.15) is 41.9 Å². The number of imidazole rings is 1. The van der Waals surface area contributed by atoms with Gasteiger partial charge in [-0.1, -0.05) is 13.0 Å². The lowest BCUT2D eigenvalue weighted by Crippen LogP contribution is -2.70. The van der Waals surface area contributed by atoms with Crippen molar-refractivity contribution in [3.63, 3.8) is 0 Å². The van der Waals surface area contributed by atoms with E-state index in [1.165, 1.54) is 4.90 Å². The Kier molecular flexibility index (Phi) is 7.23. The average molecular weight is 505 g/mol. The van der Waals surface area contributed by atoms with E-state index in [1.54, 1.807) is 49.4 Å². The van der Waals surface area contributed by atoms with Crippen LogP contribution in [0.5, 0.6) is 0 Å². The number of likely N-dealkylation sites (tertiary alicyclic amines) is 1. The minimum Gasteiger partial charge on any atom is -0.384 e. The second-order valence-electron chi connectivity index (χ2n) is 9.33. The lowest BCUT2D eigenvalue weighted by Gasteiger charge is -2.45. The Labute approximate surface area is 215 Å². The van der Waals surface area contributed by atoms with Gasteiger partial charge in [-0.3, -0.25) is 24.4 Å². The van der Waals surface area contributed by atoms with E-state index < -0.39 is 29.8 Å². The molecular weight excluding hydrogens is 472 g/mol. The van der Waals surface area contributed by atoms with E-state index in [4.69, 9.17) is 5.73 Å². The highest BCUT2D eigenvalue weighted by molar-refractivity contribution is 6.12. The number of nitrogen functional groups attached to an aromatic ring is 1. The number of hydrogen-bond donors (Lipinski definition) is 2. The monoisotopic (exact) mass is 504 g/mol. The van der Waals surface area contributed by atoms with Crippen molar-refractivity contribution >= 4 is 29.6 Å². The van der Waals surface area contributed by atoms with Gasteiger partial charge in [-0.2, -0.15) is 0 Å². The van der Waals surface area contributed by atoms with Gasteiger partial charge in [0.05, 0.1) is 12.0 Å². The van der Waals surface area contributed by atoms with E-state index in [2.05, 4.69) is 20.3 Å². The molecule has 1 fully saturated rings. The van der Waals surface area contributed by atoms with Crippen molar-refractivity contribution in [1.82, 2.24) is 29.7 Å². The zero-order chi connectivity index (χ0) is 26.9. The SMILES string of the molecule is CC[C@@H](NC(=O)N1C(=O)[C@H](Cc2ccnc(N)c2)[C@H]1C(=O)N(C)c1nccn1C)c1ccc(C)nc1C. The van der Waals surface area contributed by atoms with Gasteiger partial charge in [0.2, 0.25) is 11.9 Å². The molecule has 1 saturated heterocycles. The summed E-state index contributed by atoms with van der Waals surface area (Å²) in [6.45, 7) is 5.73. The van der Waals surface area contributed by atoms with Crippen LogP contribution in [0.15, 0.2) is 42.9 Å². The molecule has 0 saturated carbocycles. The van der Waals surface area contributed by atoms with E-state index in [0.717, 1.165) is 27.4 Å². The van der Waals surface area contributed by atoms with Gasteiger partial charge < -0.3 is 15.6 Å². The number of β-lactam (4-membered cyclic amide) rings is 1. The number of nitrogens with zero attached hydrogens (tertiary/aromatic N) is 6. The molecule has 3 aromatic heterocycles. The Bertz CT molecular complexity index is 1340. The summed E-state index contributed by atoms with van der Waals surface area (Å²) in [5.41, 5.74) is 9.12. The summed E-state index contributed by atoms with van der Waals surface area (Å²) < 4.78 is 1.70. The van der Waals surface area contributed by atoms with Crippen LogP contribution in [0.2, 0.25) is 0 Å². The third-order valence-corrected chi connectivity index (χ3v) is 6.76. The predicted molar refractivity (Wildman–Crippen MR) is 138 cm³/mol. The summed E-state index contributed by atoms with van der Waals surface area (Å²) >= 11 is 0. The van der Waals surface area contributed by atoms with Crippen LogP contribution in [0.4, 0.5) is 16.6 Å². The molecule has 4 amide bonds. The molecular formula is C26H32N8O3. The third kappa shape index (κ3) is 5.02. The summed E-state index contributed by atoms with van der Waals surface area (Å²) in [7, 11) is 3.35. The standard InChI is InChI=1S/C26H32N8O3/c1-6-20(18-8-7-15(2)30-16(18)3)31-26(37)34-22(24(36)33(5)25-29-11-12-32(25)4)19(23(34)35)13-17-9-10-28-21(27)14-17/h7-12,14,19-20,22H,6,13H2,1-5H3,(H2,27,28)(H,31,37)/t19-,20-,22+/m1/s1. The summed E-state index contributed by atoms with van der Waals surface area (Å²) in [5, 5.41) is 2.94. The summed E-state index contributed by atoms with van der Waals surface area (Å²) in [4.78, 5) is 55.6. The number of nitrogens with two attached hydrogens (primary N) is 1. The molecule has 4 rings (SSSR count). The largest absolute Gasteiger partial charge is 0.384 e. The minimum atomic E-state index is -1.00. The molecule has 3 aromatic rings. The molecule has 0 aliphatic carbocycles. The Morgan fingerprint density at radius 1 is 1.19 bits per heavy atom. The Morgan fingerprint density at radius 2 is 1.95 bits per heavy atom. The quantitative estimate of drug-likeness (QED) is 0.471. The fourth-order valence-electron chi connectivity index (χ4n) is 4.79. The number of carbonyl (C=O) groups excluding carboxylic acids is 3. The number of pyridine rings is 2. The average Bonchev–Trinajstić information content (AvgIpc) is 3.29. The van der Waals surface area contributed by atoms with Crippen molar-refractivity contribution in [2.24, 2.45) is 13.0 Å². The van der Waals surface area contributed by atoms with E-state index >= 15 is 0 Å². The van der Waals surface area contributed by atoms with Gasteiger partial charge in [0.15, 0.2) is 0 Å². The Balaban J connectivity index is 1.61. The fourth-order valence-corrected chi connectivity index (χ4v) is 4.79. The van der Waals surface area contributed by atoms with Crippen molar-refractivity contribution in [3.8, 4) is 0 Å². The third-order valence-electron chi connectivity index (χ3n) is 6.76. The van der Waals surface area contributed by atoms with Gasteiger partial charge in [-0.05, 0) is 56.0 Å². The highest BCUT2D eigenvalue weighted by atomic mass is 16.2. The first-order valence-electron chi connectivity index (χ1n) is 12.1. The van der Waals surface area contributed by atoms with Crippen LogP contribution in [0.25, 0.3) is 0 Å². The number of likely N-dealkylation sites (N-methyl/N-ethyl adjacent to an activating group) is 1. The first kappa shape index (κ1) is 25.8. The van der Waals surface area contributed by atoms with Gasteiger partial charge >= 0.3 is 6.03 Å². The van der Waals surface area contributed by atoms with E-state index in [1.807, 2.05) is 32.9 Å². The number of aryl methyl sites for hydroxylation is 3. The van der Waals surface area contributed by atoms with E-state index in [9.17, 15) is 14.4 Å². The molecule has 0 bridgehead atoms. The first-order chi connectivity index (χ1) is 17.6. The van der Waals surface area contributed by atoms with E-state index in [-0.39, 0.29) is 12.5 Å². The molecule has 3 atom stereocenters. The molecule has 194 valence electrons. The van der Waals surface area contributed by atoms with Crippen LogP contribution in [0.3, 0.4) is 0 Å². The Hall–Kier alpha value is -4.28. The number of aromatic nitrogens is 4. The molecule has 37 heavy (non-hydrogen) atoms. The van der Waals surface area contributed by atoms with E-state index in [0.29, 0.717) is 18.2 Å². The number of amides is 4. The highest BCUT2D eigenvalue weighted by Crippen LogP contribution is 2.33. The summed E-state index contributed by atoms with van der Waals surface area (Å²) in [6.07, 6.45) is 5.69. The van der Waals surface area contributed by atoms with Crippen LogP contribution in [-0.2, 0) is 23.1 Å². The number of urea groups is 1. The molecule has 11 nitrogen and oxygen atoms in total. The summed E-state index contributed by atoms with van der Waals surface area (Å²) in [6, 6.07) is 5.24. The van der Waals surface area contributed by atoms with Crippen molar-refractivity contribution < 1.29 is 14.4 Å². The van der Waals surface area contributed by atoms with Gasteiger partial charge in [0.1, 0.15) is 11.9 Å². The van der Waals surface area contributed by atoms with Gasteiger partial charge in [-0.25, -0.2) is 14.8 Å². The topological polar surface area (TPSA) is 139 Å². The van der Waals surface area contributed by atoms with Crippen LogP contribution in [-0.4, -0.2) is 55.4 Å². The van der Waals surface area contributed by atoms with Crippen LogP contribution < -0.4 is 16.0 Å². The zero-order valence-electron chi connectivity index (χ0n) is 21.7. The number of hydrogen-bond acceptors (Lipinski definition) is 7. The van der Waals surface area contributed by atoms with Gasteiger partial charge in [-0.15, -0.1) is 0 Å². The summed E-state index contributed by atoms with van der Waals surface area (Å²) in [5.74, 6) is -0.833. The number of nitrogens with one attached hydrogen (secondary N) is 1. The molecule has 3 N–H and O–H groups in total. The molecule has 0 spiro atoms. The number of anilines is 2. The van der Waals surface area contributed by atoms with Crippen molar-refractivity contribution in [1.29, 1.82) is 0 Å². The van der Waals surface area contributed by atoms with Gasteiger partial charge in [0.25, 0.3) is 5.91 Å². The molecule has 4 heterocycles. The molecule has 0 unspecified atom stereocenters. The van der Waals surface area contributed by atoms with Crippen molar-refractivity contribution in [2.45, 2.75) is 45.7 Å². The second kappa shape index (κ2) is 10.4. The molecule has 1 aliphatic rings. The Morgan fingerprint density at radius 3 is 2.57 bits per heavy atom. The normalized spacial score (nSPS) is 17.8. The lowest BCUT2D eigenvalue weighted by atomic mass is 9.81. The lowest BCUT2D eigenvalue weighted by molar-refractivity contribution is -0.156. The molecule has 0 aromatic carbocycles. The highest BCUT2D eigenvalue weighted by Gasteiger charge is 2.55. The maximum absolute atomic E-state index is 13.7. The van der Waals surface area contributed by atoms with Crippen molar-refractivity contribution in [3.05, 3.63) is 65.4 Å². The predicted octanol–water partition coefficient (Wildman–Crippen LogP) is 2.30. The minimum absolute atomic E-state index is 0.248. The number of rotatable bonds is 7. The smallest absolute Gasteiger partial charge is 0.325 e. The fraction of sp³-hybridized carbons (Fsp3) is 0.385. The number of imide groups is 1. The maximum atomic E-state index is 13.7. The maximum Gasteiger partial charge on any atom is 0.325 e. The molecule has 11 heteroatoms. The molecule has 1 aliphatic heterocycles. The first-order valence-corrected chi connectivity index (χ1v) is 12.1. The number of carbonyl (C=O) groups is 3. The molecule has 0 radical (unpaired) electrons. The zero-order valence-corrected chi connectivity index (χ0v) is 21.7. The van der Waals surface area contributed by atoms with Crippen molar-refractivity contribution in [2.75, 3.05) is 17.7 Å². The van der Waals surface area contributed by atoms with Crippen LogP contribution in [0, 0.1) is 19.8 Å².